The SMILES string of the molecule is COc1c(Cl)cc2c(cnn2C2CCCCO2)c1Br. The van der Waals surface area contributed by atoms with Crippen molar-refractivity contribution in [2.24, 2.45) is 0 Å². The first-order chi connectivity index (χ1) is 9.22. The topological polar surface area (TPSA) is 36.3 Å². The molecule has 1 aliphatic rings. The minimum absolute atomic E-state index is 0.00242. The molecule has 3 rings (SSSR count). The van der Waals surface area contributed by atoms with E-state index in [1.165, 1.54) is 0 Å². The Morgan fingerprint density at radius 3 is 3.05 bits per heavy atom. The Morgan fingerprint density at radius 2 is 2.37 bits per heavy atom. The summed E-state index contributed by atoms with van der Waals surface area (Å²) in [4.78, 5) is 0. The minimum atomic E-state index is 0.00242. The molecule has 1 aromatic carbocycles. The summed E-state index contributed by atoms with van der Waals surface area (Å²) < 4.78 is 13.8. The standard InChI is InChI=1S/C13H14BrClN2O2/c1-18-13-9(15)6-10-8(12(13)14)7-16-17(10)11-4-2-3-5-19-11/h6-7,11H,2-5H2,1H3. The predicted octanol–water partition coefficient (Wildman–Crippen LogP) is 4.16. The normalized spacial score (nSPS) is 19.8. The van der Waals surface area contributed by atoms with Crippen LogP contribution in [0.5, 0.6) is 5.75 Å². The van der Waals surface area contributed by atoms with Gasteiger partial charge in [-0.1, -0.05) is 11.6 Å². The Labute approximate surface area is 124 Å². The van der Waals surface area contributed by atoms with Gasteiger partial charge in [0.2, 0.25) is 0 Å². The third kappa shape index (κ3) is 2.24. The van der Waals surface area contributed by atoms with E-state index < -0.39 is 0 Å². The highest BCUT2D eigenvalue weighted by Gasteiger charge is 2.21. The summed E-state index contributed by atoms with van der Waals surface area (Å²) >= 11 is 9.77. The number of fused-ring (bicyclic) bond motifs is 1. The molecule has 4 nitrogen and oxygen atoms in total. The Balaban J connectivity index is 2.12. The molecule has 0 saturated carbocycles. The number of rotatable bonds is 2. The third-order valence-electron chi connectivity index (χ3n) is 3.38. The van der Waals surface area contributed by atoms with Gasteiger partial charge in [0.15, 0.2) is 12.0 Å². The van der Waals surface area contributed by atoms with E-state index in [1.807, 2.05) is 16.9 Å². The molecule has 1 fully saturated rings. The zero-order valence-corrected chi connectivity index (χ0v) is 12.9. The molecule has 1 aliphatic heterocycles. The van der Waals surface area contributed by atoms with Crippen LogP contribution in [0.4, 0.5) is 0 Å². The quantitative estimate of drug-likeness (QED) is 0.820. The monoisotopic (exact) mass is 344 g/mol. The molecule has 19 heavy (non-hydrogen) atoms. The van der Waals surface area contributed by atoms with Gasteiger partial charge in [-0.15, -0.1) is 0 Å². The molecule has 0 amide bonds. The van der Waals surface area contributed by atoms with Crippen molar-refractivity contribution in [1.82, 2.24) is 9.78 Å². The summed E-state index contributed by atoms with van der Waals surface area (Å²) in [5.41, 5.74) is 0.963. The number of halogens is 2. The zero-order chi connectivity index (χ0) is 13.4. The van der Waals surface area contributed by atoms with Crippen molar-refractivity contribution in [2.45, 2.75) is 25.5 Å². The first-order valence-electron chi connectivity index (χ1n) is 6.23. The van der Waals surface area contributed by atoms with Crippen molar-refractivity contribution in [1.29, 1.82) is 0 Å². The highest BCUT2D eigenvalue weighted by atomic mass is 79.9. The lowest BCUT2D eigenvalue weighted by Gasteiger charge is -2.23. The average Bonchev–Trinajstić information content (AvgIpc) is 2.84. The lowest BCUT2D eigenvalue weighted by molar-refractivity contribution is -0.0366. The first kappa shape index (κ1) is 13.2. The lowest BCUT2D eigenvalue weighted by Crippen LogP contribution is -2.18. The Hall–Kier alpha value is -0.780. The summed E-state index contributed by atoms with van der Waals surface area (Å²) in [6.07, 6.45) is 5.09. The highest BCUT2D eigenvalue weighted by Crippen LogP contribution is 2.40. The summed E-state index contributed by atoms with van der Waals surface area (Å²) in [5, 5.41) is 5.99. The Morgan fingerprint density at radius 1 is 1.53 bits per heavy atom. The van der Waals surface area contributed by atoms with Crippen LogP contribution in [0.2, 0.25) is 5.02 Å². The summed E-state index contributed by atoms with van der Waals surface area (Å²) in [5.74, 6) is 0.637. The van der Waals surface area contributed by atoms with E-state index in [0.717, 1.165) is 41.2 Å². The molecule has 1 aromatic heterocycles. The van der Waals surface area contributed by atoms with E-state index in [1.54, 1.807) is 7.11 Å². The van der Waals surface area contributed by atoms with Crippen LogP contribution in [0.25, 0.3) is 10.9 Å². The van der Waals surface area contributed by atoms with Crippen molar-refractivity contribution in [2.75, 3.05) is 13.7 Å². The van der Waals surface area contributed by atoms with Crippen LogP contribution >= 0.6 is 27.5 Å². The van der Waals surface area contributed by atoms with Crippen molar-refractivity contribution in [3.63, 3.8) is 0 Å². The molecule has 1 atom stereocenters. The molecule has 0 aliphatic carbocycles. The number of benzene rings is 1. The summed E-state index contributed by atoms with van der Waals surface area (Å²) in [6.45, 7) is 0.789. The molecule has 102 valence electrons. The number of methoxy groups -OCH3 is 1. The molecule has 0 bridgehead atoms. The molecule has 0 N–H and O–H groups in total. The summed E-state index contributed by atoms with van der Waals surface area (Å²) in [7, 11) is 1.60. The van der Waals surface area contributed by atoms with Gasteiger partial charge < -0.3 is 9.47 Å². The highest BCUT2D eigenvalue weighted by molar-refractivity contribution is 9.10. The maximum Gasteiger partial charge on any atom is 0.152 e. The van der Waals surface area contributed by atoms with Gasteiger partial charge in [-0.2, -0.15) is 5.10 Å². The molecule has 1 unspecified atom stereocenters. The van der Waals surface area contributed by atoms with Gasteiger partial charge in [-0.25, -0.2) is 4.68 Å². The van der Waals surface area contributed by atoms with Crippen molar-refractivity contribution in [3.05, 3.63) is 21.8 Å². The van der Waals surface area contributed by atoms with Gasteiger partial charge in [0, 0.05) is 12.0 Å². The van der Waals surface area contributed by atoms with E-state index >= 15 is 0 Å². The maximum atomic E-state index is 6.24. The molecule has 0 spiro atoms. The fraction of sp³-hybridized carbons (Fsp3) is 0.462. The zero-order valence-electron chi connectivity index (χ0n) is 10.5. The molecular formula is C13H14BrClN2O2. The fourth-order valence-corrected chi connectivity index (χ4v) is 3.50. The second kappa shape index (κ2) is 5.31. The van der Waals surface area contributed by atoms with Gasteiger partial charge in [-0.3, -0.25) is 0 Å². The van der Waals surface area contributed by atoms with E-state index in [2.05, 4.69) is 21.0 Å². The lowest BCUT2D eigenvalue weighted by atomic mass is 10.2. The maximum absolute atomic E-state index is 6.24. The van der Waals surface area contributed by atoms with Gasteiger partial charge in [0.1, 0.15) is 0 Å². The number of hydrogen-bond donors (Lipinski definition) is 0. The third-order valence-corrected chi connectivity index (χ3v) is 4.45. The van der Waals surface area contributed by atoms with E-state index in [4.69, 9.17) is 21.1 Å². The van der Waals surface area contributed by atoms with Crippen molar-refractivity contribution >= 4 is 38.4 Å². The summed E-state index contributed by atoms with van der Waals surface area (Å²) in [6, 6.07) is 1.88. The van der Waals surface area contributed by atoms with Gasteiger partial charge in [0.25, 0.3) is 0 Å². The molecular weight excluding hydrogens is 332 g/mol. The average molecular weight is 346 g/mol. The number of hydrogen-bond acceptors (Lipinski definition) is 3. The first-order valence-corrected chi connectivity index (χ1v) is 7.40. The molecule has 2 heterocycles. The van der Waals surface area contributed by atoms with Crippen LogP contribution in [0.15, 0.2) is 16.7 Å². The molecule has 2 aromatic rings. The van der Waals surface area contributed by atoms with Gasteiger partial charge >= 0.3 is 0 Å². The second-order valence-electron chi connectivity index (χ2n) is 4.55. The van der Waals surface area contributed by atoms with Crippen LogP contribution in [0.1, 0.15) is 25.5 Å². The Bertz CT molecular complexity index is 608. The van der Waals surface area contributed by atoms with Crippen LogP contribution in [0.3, 0.4) is 0 Å². The second-order valence-corrected chi connectivity index (χ2v) is 5.75. The Kier molecular flexibility index (Phi) is 3.69. The van der Waals surface area contributed by atoms with Crippen molar-refractivity contribution in [3.8, 4) is 5.75 Å². The number of aromatic nitrogens is 2. The molecule has 0 radical (unpaired) electrons. The smallest absolute Gasteiger partial charge is 0.152 e. The minimum Gasteiger partial charge on any atom is -0.494 e. The molecule has 6 heteroatoms. The molecule has 1 saturated heterocycles. The van der Waals surface area contributed by atoms with Crippen molar-refractivity contribution < 1.29 is 9.47 Å². The fourth-order valence-electron chi connectivity index (χ4n) is 2.43. The number of nitrogens with zero attached hydrogens (tertiary/aromatic N) is 2. The van der Waals surface area contributed by atoms with Crippen LogP contribution < -0.4 is 4.74 Å². The predicted molar refractivity (Wildman–Crippen MR) is 77.8 cm³/mol. The van der Waals surface area contributed by atoms with Gasteiger partial charge in [0.05, 0.1) is 28.3 Å². The van der Waals surface area contributed by atoms with E-state index in [9.17, 15) is 0 Å². The van der Waals surface area contributed by atoms with Crippen LogP contribution in [0, 0.1) is 0 Å². The van der Waals surface area contributed by atoms with E-state index in [0.29, 0.717) is 10.8 Å². The van der Waals surface area contributed by atoms with E-state index in [-0.39, 0.29) is 6.23 Å². The van der Waals surface area contributed by atoms with Crippen LogP contribution in [-0.2, 0) is 4.74 Å². The largest absolute Gasteiger partial charge is 0.494 e. The van der Waals surface area contributed by atoms with Crippen LogP contribution in [-0.4, -0.2) is 23.5 Å². The number of ether oxygens (including phenoxy) is 2. The van der Waals surface area contributed by atoms with Gasteiger partial charge in [-0.05, 0) is 41.3 Å².